The third kappa shape index (κ3) is 2.65. The van der Waals surface area contributed by atoms with Crippen LogP contribution in [0.1, 0.15) is 16.8 Å². The van der Waals surface area contributed by atoms with E-state index in [9.17, 15) is 14.9 Å². The van der Waals surface area contributed by atoms with Crippen molar-refractivity contribution in [2.24, 2.45) is 0 Å². The molecule has 7 heteroatoms. The molecule has 1 saturated heterocycles. The molecule has 1 heterocycles. The summed E-state index contributed by atoms with van der Waals surface area (Å²) >= 11 is 0. The van der Waals surface area contributed by atoms with E-state index < -0.39 is 16.6 Å². The zero-order chi connectivity index (χ0) is 14.0. The van der Waals surface area contributed by atoms with Gasteiger partial charge < -0.3 is 14.7 Å². The SMILES string of the molecule is COC1CCN(c2ccc([N+](=O)[O-])c(C(=O)O)c2)C1. The first-order valence-corrected chi connectivity index (χ1v) is 5.82. The summed E-state index contributed by atoms with van der Waals surface area (Å²) in [5, 5.41) is 19.8. The van der Waals surface area contributed by atoms with Gasteiger partial charge >= 0.3 is 5.97 Å². The lowest BCUT2D eigenvalue weighted by molar-refractivity contribution is -0.385. The van der Waals surface area contributed by atoms with Crippen LogP contribution < -0.4 is 4.90 Å². The van der Waals surface area contributed by atoms with Crippen LogP contribution >= 0.6 is 0 Å². The maximum Gasteiger partial charge on any atom is 0.342 e. The normalized spacial score (nSPS) is 18.6. The summed E-state index contributed by atoms with van der Waals surface area (Å²) in [4.78, 5) is 23.1. The van der Waals surface area contributed by atoms with Gasteiger partial charge in [0.2, 0.25) is 0 Å². The molecule has 1 aromatic rings. The average Bonchev–Trinajstić information content (AvgIpc) is 2.86. The zero-order valence-corrected chi connectivity index (χ0v) is 10.4. The van der Waals surface area contributed by atoms with Gasteiger partial charge in [-0.15, -0.1) is 0 Å². The van der Waals surface area contributed by atoms with Gasteiger partial charge in [-0.1, -0.05) is 0 Å². The van der Waals surface area contributed by atoms with E-state index in [0.717, 1.165) is 13.0 Å². The molecule has 2 rings (SSSR count). The van der Waals surface area contributed by atoms with Gasteiger partial charge in [0.25, 0.3) is 5.69 Å². The second-order valence-corrected chi connectivity index (χ2v) is 4.36. The Balaban J connectivity index is 2.31. The van der Waals surface area contributed by atoms with E-state index in [1.54, 1.807) is 13.2 Å². The van der Waals surface area contributed by atoms with Crippen molar-refractivity contribution in [3.05, 3.63) is 33.9 Å². The Hall–Kier alpha value is -2.15. The minimum Gasteiger partial charge on any atom is -0.477 e. The number of aromatic carboxylic acids is 1. The van der Waals surface area contributed by atoms with Crippen molar-refractivity contribution in [3.8, 4) is 0 Å². The van der Waals surface area contributed by atoms with E-state index in [-0.39, 0.29) is 11.7 Å². The summed E-state index contributed by atoms with van der Waals surface area (Å²) in [7, 11) is 1.63. The number of nitrogens with zero attached hydrogens (tertiary/aromatic N) is 2. The molecule has 0 amide bonds. The van der Waals surface area contributed by atoms with Crippen molar-refractivity contribution in [1.82, 2.24) is 0 Å². The third-order valence-corrected chi connectivity index (χ3v) is 3.25. The number of carboxylic acids is 1. The largest absolute Gasteiger partial charge is 0.477 e. The van der Waals surface area contributed by atoms with E-state index in [2.05, 4.69) is 0 Å². The number of nitro benzene ring substituents is 1. The van der Waals surface area contributed by atoms with Crippen LogP contribution in [0.5, 0.6) is 0 Å². The number of anilines is 1. The van der Waals surface area contributed by atoms with E-state index in [1.165, 1.54) is 12.1 Å². The van der Waals surface area contributed by atoms with Gasteiger partial charge in [-0.2, -0.15) is 0 Å². The maximum atomic E-state index is 11.1. The summed E-state index contributed by atoms with van der Waals surface area (Å²) in [6, 6.07) is 4.15. The van der Waals surface area contributed by atoms with Crippen LogP contribution in [-0.4, -0.2) is 42.3 Å². The average molecular weight is 266 g/mol. The molecule has 0 spiro atoms. The number of carboxylic acid groups (broad SMARTS) is 1. The van der Waals surface area contributed by atoms with Crippen molar-refractivity contribution in [1.29, 1.82) is 0 Å². The first-order chi connectivity index (χ1) is 9.02. The fourth-order valence-electron chi connectivity index (χ4n) is 2.21. The van der Waals surface area contributed by atoms with Crippen molar-refractivity contribution in [3.63, 3.8) is 0 Å². The molecule has 19 heavy (non-hydrogen) atoms. The highest BCUT2D eigenvalue weighted by Crippen LogP contribution is 2.27. The topological polar surface area (TPSA) is 92.9 Å². The smallest absolute Gasteiger partial charge is 0.342 e. The number of ether oxygens (including phenoxy) is 1. The first kappa shape index (κ1) is 13.3. The molecule has 1 aliphatic rings. The van der Waals surface area contributed by atoms with Crippen LogP contribution in [0, 0.1) is 10.1 Å². The van der Waals surface area contributed by atoms with Crippen LogP contribution in [-0.2, 0) is 4.74 Å². The van der Waals surface area contributed by atoms with Crippen molar-refractivity contribution in [2.45, 2.75) is 12.5 Å². The molecule has 1 N–H and O–H groups in total. The molecular weight excluding hydrogens is 252 g/mol. The fraction of sp³-hybridized carbons (Fsp3) is 0.417. The second-order valence-electron chi connectivity index (χ2n) is 4.36. The summed E-state index contributed by atoms with van der Waals surface area (Å²) in [6.45, 7) is 1.41. The molecule has 7 nitrogen and oxygen atoms in total. The molecule has 1 unspecified atom stereocenters. The Bertz CT molecular complexity index is 517. The molecule has 0 aliphatic carbocycles. The summed E-state index contributed by atoms with van der Waals surface area (Å²) < 4.78 is 5.24. The Morgan fingerprint density at radius 1 is 1.58 bits per heavy atom. The number of rotatable bonds is 4. The number of benzene rings is 1. The van der Waals surface area contributed by atoms with Crippen LogP contribution in [0.3, 0.4) is 0 Å². The van der Waals surface area contributed by atoms with E-state index >= 15 is 0 Å². The van der Waals surface area contributed by atoms with Gasteiger partial charge in [0.15, 0.2) is 0 Å². The van der Waals surface area contributed by atoms with Gasteiger partial charge in [-0.05, 0) is 18.6 Å². The Labute approximate surface area is 109 Å². The minimum absolute atomic E-state index is 0.114. The highest BCUT2D eigenvalue weighted by Gasteiger charge is 2.25. The van der Waals surface area contributed by atoms with Gasteiger partial charge in [0, 0.05) is 32.0 Å². The molecule has 1 aliphatic heterocycles. The predicted molar refractivity (Wildman–Crippen MR) is 67.7 cm³/mol. The monoisotopic (exact) mass is 266 g/mol. The molecular formula is C12H14N2O5. The van der Waals surface area contributed by atoms with Gasteiger partial charge in [0.05, 0.1) is 11.0 Å². The fourth-order valence-corrected chi connectivity index (χ4v) is 2.21. The third-order valence-electron chi connectivity index (χ3n) is 3.25. The lowest BCUT2D eigenvalue weighted by Crippen LogP contribution is -2.22. The molecule has 0 bridgehead atoms. The second kappa shape index (κ2) is 5.23. The van der Waals surface area contributed by atoms with Crippen molar-refractivity contribution >= 4 is 17.3 Å². The van der Waals surface area contributed by atoms with E-state index in [1.807, 2.05) is 4.90 Å². The first-order valence-electron chi connectivity index (χ1n) is 5.82. The van der Waals surface area contributed by atoms with Crippen LogP contribution in [0.4, 0.5) is 11.4 Å². The molecule has 1 atom stereocenters. The number of methoxy groups -OCH3 is 1. The van der Waals surface area contributed by atoms with Gasteiger partial charge in [-0.3, -0.25) is 10.1 Å². The Kier molecular flexibility index (Phi) is 3.66. The summed E-state index contributed by atoms with van der Waals surface area (Å²) in [5.74, 6) is -1.30. The molecule has 0 radical (unpaired) electrons. The molecule has 0 aromatic heterocycles. The zero-order valence-electron chi connectivity index (χ0n) is 10.4. The molecule has 1 aromatic carbocycles. The van der Waals surface area contributed by atoms with Crippen molar-refractivity contribution < 1.29 is 19.6 Å². The minimum atomic E-state index is -1.30. The Morgan fingerprint density at radius 3 is 2.84 bits per heavy atom. The molecule has 0 saturated carbocycles. The highest BCUT2D eigenvalue weighted by molar-refractivity contribution is 5.93. The lowest BCUT2D eigenvalue weighted by Gasteiger charge is -2.18. The number of hydrogen-bond donors (Lipinski definition) is 1. The highest BCUT2D eigenvalue weighted by atomic mass is 16.6. The summed E-state index contributed by atoms with van der Waals surface area (Å²) in [6.07, 6.45) is 0.971. The maximum absolute atomic E-state index is 11.1. The lowest BCUT2D eigenvalue weighted by atomic mass is 10.1. The van der Waals surface area contributed by atoms with Gasteiger partial charge in [0.1, 0.15) is 5.56 Å². The molecule has 102 valence electrons. The van der Waals surface area contributed by atoms with Crippen LogP contribution in [0.2, 0.25) is 0 Å². The quantitative estimate of drug-likeness (QED) is 0.656. The predicted octanol–water partition coefficient (Wildman–Crippen LogP) is 1.52. The number of carbonyl (C=O) groups is 1. The summed E-state index contributed by atoms with van der Waals surface area (Å²) in [5.41, 5.74) is -0.00958. The van der Waals surface area contributed by atoms with Crippen LogP contribution in [0.25, 0.3) is 0 Å². The van der Waals surface area contributed by atoms with Gasteiger partial charge in [-0.25, -0.2) is 4.79 Å². The number of nitro groups is 1. The van der Waals surface area contributed by atoms with E-state index in [4.69, 9.17) is 9.84 Å². The molecule has 1 fully saturated rings. The van der Waals surface area contributed by atoms with E-state index in [0.29, 0.717) is 12.2 Å². The Morgan fingerprint density at radius 2 is 2.32 bits per heavy atom. The number of hydrogen-bond acceptors (Lipinski definition) is 5. The van der Waals surface area contributed by atoms with Crippen molar-refractivity contribution in [2.75, 3.05) is 25.1 Å². The standard InChI is InChI=1S/C12H14N2O5/c1-19-9-4-5-13(7-9)8-2-3-11(14(17)18)10(6-8)12(15)16/h2-3,6,9H,4-5,7H2,1H3,(H,15,16). The van der Waals surface area contributed by atoms with Crippen LogP contribution in [0.15, 0.2) is 18.2 Å².